The number of halogens is 1. The predicted octanol–water partition coefficient (Wildman–Crippen LogP) is 1.45. The van der Waals surface area contributed by atoms with Crippen molar-refractivity contribution in [2.45, 2.75) is 13.0 Å². The third-order valence-corrected chi connectivity index (χ3v) is 1.93. The summed E-state index contributed by atoms with van der Waals surface area (Å²) in [5.41, 5.74) is 6.04. The van der Waals surface area contributed by atoms with Gasteiger partial charge in [0.05, 0.1) is 5.56 Å². The topological polar surface area (TPSA) is 76.2 Å². The number of pyridine rings is 1. The molecular weight excluding hydrogens is 192 g/mol. The minimum absolute atomic E-state index is 0.106. The van der Waals surface area contributed by atoms with Gasteiger partial charge in [-0.25, -0.2) is 9.78 Å². The van der Waals surface area contributed by atoms with Crippen LogP contribution in [-0.4, -0.2) is 16.1 Å². The molecule has 70 valence electrons. The Labute approximate surface area is 80.3 Å². The van der Waals surface area contributed by atoms with Gasteiger partial charge in [0.1, 0.15) is 5.15 Å². The van der Waals surface area contributed by atoms with Crippen molar-refractivity contribution in [2.75, 3.05) is 0 Å². The molecule has 0 saturated heterocycles. The number of nitrogens with zero attached hydrogens (tertiary/aromatic N) is 1. The van der Waals surface area contributed by atoms with Crippen molar-refractivity contribution in [2.24, 2.45) is 5.73 Å². The Bertz CT molecular complexity index is 339. The fourth-order valence-corrected chi connectivity index (χ4v) is 1.40. The highest BCUT2D eigenvalue weighted by Gasteiger charge is 2.16. The summed E-state index contributed by atoms with van der Waals surface area (Å²) < 4.78 is 0. The summed E-state index contributed by atoms with van der Waals surface area (Å²) in [6.07, 6.45) is 1.34. The SMILES string of the molecule is C[C@@H](N)c1c(C(=O)O)ccnc1Cl. The molecule has 1 rings (SSSR count). The molecule has 0 aliphatic heterocycles. The van der Waals surface area contributed by atoms with E-state index in [0.29, 0.717) is 5.56 Å². The number of carboxylic acid groups (broad SMARTS) is 1. The van der Waals surface area contributed by atoms with Gasteiger partial charge in [0, 0.05) is 17.8 Å². The first-order valence-electron chi connectivity index (χ1n) is 3.67. The normalized spacial score (nSPS) is 12.5. The molecule has 1 aromatic rings. The van der Waals surface area contributed by atoms with Crippen LogP contribution in [0.15, 0.2) is 12.3 Å². The maximum absolute atomic E-state index is 10.7. The smallest absolute Gasteiger partial charge is 0.336 e. The van der Waals surface area contributed by atoms with Gasteiger partial charge in [0.2, 0.25) is 0 Å². The van der Waals surface area contributed by atoms with Gasteiger partial charge < -0.3 is 10.8 Å². The molecule has 0 saturated carbocycles. The maximum atomic E-state index is 10.7. The average molecular weight is 201 g/mol. The number of carbonyl (C=O) groups is 1. The number of aromatic nitrogens is 1. The molecule has 1 heterocycles. The molecule has 0 fully saturated rings. The van der Waals surface area contributed by atoms with E-state index < -0.39 is 12.0 Å². The number of aromatic carboxylic acids is 1. The monoisotopic (exact) mass is 200 g/mol. The number of carboxylic acids is 1. The minimum atomic E-state index is -1.04. The van der Waals surface area contributed by atoms with Gasteiger partial charge in [-0.1, -0.05) is 11.6 Å². The quantitative estimate of drug-likeness (QED) is 0.709. The van der Waals surface area contributed by atoms with Crippen molar-refractivity contribution >= 4 is 17.6 Å². The molecule has 0 aliphatic rings. The molecule has 0 radical (unpaired) electrons. The molecule has 0 aromatic carbocycles. The Morgan fingerprint density at radius 3 is 2.77 bits per heavy atom. The highest BCUT2D eigenvalue weighted by molar-refractivity contribution is 6.30. The largest absolute Gasteiger partial charge is 0.478 e. The Morgan fingerprint density at radius 1 is 1.77 bits per heavy atom. The Hall–Kier alpha value is -1.13. The van der Waals surface area contributed by atoms with E-state index in [1.807, 2.05) is 0 Å². The van der Waals surface area contributed by atoms with Crippen LogP contribution in [-0.2, 0) is 0 Å². The zero-order chi connectivity index (χ0) is 10.0. The Kier molecular flexibility index (Phi) is 2.85. The van der Waals surface area contributed by atoms with E-state index in [2.05, 4.69) is 4.98 Å². The highest BCUT2D eigenvalue weighted by Crippen LogP contribution is 2.22. The first-order chi connectivity index (χ1) is 6.04. The summed E-state index contributed by atoms with van der Waals surface area (Å²) in [4.78, 5) is 14.5. The molecule has 13 heavy (non-hydrogen) atoms. The van der Waals surface area contributed by atoms with E-state index in [1.54, 1.807) is 6.92 Å². The second-order valence-corrected chi connectivity index (χ2v) is 3.01. The van der Waals surface area contributed by atoms with Gasteiger partial charge in [-0.3, -0.25) is 0 Å². The van der Waals surface area contributed by atoms with Crippen LogP contribution >= 0.6 is 11.6 Å². The van der Waals surface area contributed by atoms with Crippen LogP contribution in [0, 0.1) is 0 Å². The first kappa shape index (κ1) is 9.95. The predicted molar refractivity (Wildman–Crippen MR) is 48.8 cm³/mol. The van der Waals surface area contributed by atoms with Gasteiger partial charge in [0.25, 0.3) is 0 Å². The lowest BCUT2D eigenvalue weighted by atomic mass is 10.1. The minimum Gasteiger partial charge on any atom is -0.478 e. The Morgan fingerprint density at radius 2 is 2.38 bits per heavy atom. The summed E-state index contributed by atoms with van der Waals surface area (Å²) in [6.45, 7) is 1.66. The van der Waals surface area contributed by atoms with Crippen LogP contribution in [0.2, 0.25) is 5.15 Å². The lowest BCUT2D eigenvalue weighted by molar-refractivity contribution is 0.0695. The van der Waals surface area contributed by atoms with E-state index in [4.69, 9.17) is 22.4 Å². The van der Waals surface area contributed by atoms with Crippen LogP contribution in [0.3, 0.4) is 0 Å². The maximum Gasteiger partial charge on any atom is 0.336 e. The Balaban J connectivity index is 3.34. The zero-order valence-electron chi connectivity index (χ0n) is 6.99. The van der Waals surface area contributed by atoms with E-state index in [0.717, 1.165) is 0 Å². The summed E-state index contributed by atoms with van der Waals surface area (Å²) >= 11 is 5.71. The molecule has 3 N–H and O–H groups in total. The van der Waals surface area contributed by atoms with Gasteiger partial charge >= 0.3 is 5.97 Å². The van der Waals surface area contributed by atoms with Crippen LogP contribution in [0.1, 0.15) is 28.9 Å². The van der Waals surface area contributed by atoms with E-state index in [1.165, 1.54) is 12.3 Å². The average Bonchev–Trinajstić information content (AvgIpc) is 2.02. The van der Waals surface area contributed by atoms with E-state index in [9.17, 15) is 4.79 Å². The van der Waals surface area contributed by atoms with E-state index >= 15 is 0 Å². The van der Waals surface area contributed by atoms with Gasteiger partial charge in [-0.05, 0) is 13.0 Å². The summed E-state index contributed by atoms with van der Waals surface area (Å²) in [5, 5.41) is 8.95. The molecule has 0 aliphatic carbocycles. The number of hydrogen-bond donors (Lipinski definition) is 2. The molecule has 0 unspecified atom stereocenters. The number of rotatable bonds is 2. The molecule has 0 spiro atoms. The van der Waals surface area contributed by atoms with Gasteiger partial charge in [-0.15, -0.1) is 0 Å². The van der Waals surface area contributed by atoms with Crippen molar-refractivity contribution in [1.29, 1.82) is 0 Å². The molecule has 0 amide bonds. The van der Waals surface area contributed by atoms with Crippen molar-refractivity contribution in [3.05, 3.63) is 28.5 Å². The number of nitrogens with two attached hydrogens (primary N) is 1. The van der Waals surface area contributed by atoms with Crippen molar-refractivity contribution < 1.29 is 9.90 Å². The van der Waals surface area contributed by atoms with Crippen molar-refractivity contribution in [3.8, 4) is 0 Å². The van der Waals surface area contributed by atoms with E-state index in [-0.39, 0.29) is 10.7 Å². The standard InChI is InChI=1S/C8H9ClN2O2/c1-4(10)6-5(8(12)13)2-3-11-7(6)9/h2-4H,10H2,1H3,(H,12,13)/t4-/m1/s1. The molecule has 1 aromatic heterocycles. The molecule has 1 atom stereocenters. The summed E-state index contributed by atoms with van der Waals surface area (Å²) in [5.74, 6) is -1.04. The number of hydrogen-bond acceptors (Lipinski definition) is 3. The van der Waals surface area contributed by atoms with Crippen LogP contribution < -0.4 is 5.73 Å². The molecular formula is C8H9ClN2O2. The van der Waals surface area contributed by atoms with Crippen molar-refractivity contribution in [3.63, 3.8) is 0 Å². The summed E-state index contributed by atoms with van der Waals surface area (Å²) in [7, 11) is 0. The van der Waals surface area contributed by atoms with Crippen LogP contribution in [0.4, 0.5) is 0 Å². The first-order valence-corrected chi connectivity index (χ1v) is 4.05. The second kappa shape index (κ2) is 3.72. The fourth-order valence-electron chi connectivity index (χ4n) is 1.07. The molecule has 0 bridgehead atoms. The second-order valence-electron chi connectivity index (χ2n) is 2.66. The third-order valence-electron chi connectivity index (χ3n) is 1.63. The fraction of sp³-hybridized carbons (Fsp3) is 0.250. The lowest BCUT2D eigenvalue weighted by Gasteiger charge is -2.10. The lowest BCUT2D eigenvalue weighted by Crippen LogP contribution is -2.13. The van der Waals surface area contributed by atoms with Gasteiger partial charge in [0.15, 0.2) is 0 Å². The highest BCUT2D eigenvalue weighted by atomic mass is 35.5. The van der Waals surface area contributed by atoms with Crippen LogP contribution in [0.25, 0.3) is 0 Å². The van der Waals surface area contributed by atoms with Gasteiger partial charge in [-0.2, -0.15) is 0 Å². The zero-order valence-corrected chi connectivity index (χ0v) is 7.75. The van der Waals surface area contributed by atoms with Crippen molar-refractivity contribution in [1.82, 2.24) is 4.98 Å². The molecule has 4 nitrogen and oxygen atoms in total. The third kappa shape index (κ3) is 1.96. The summed E-state index contributed by atoms with van der Waals surface area (Å²) in [6, 6.07) is 0.944. The molecule has 5 heteroatoms. The van der Waals surface area contributed by atoms with Crippen LogP contribution in [0.5, 0.6) is 0 Å².